The van der Waals surface area contributed by atoms with Crippen molar-refractivity contribution in [3.63, 3.8) is 0 Å². The van der Waals surface area contributed by atoms with Gasteiger partial charge >= 0.3 is 5.97 Å². The molecule has 0 aliphatic heterocycles. The number of aryl methyl sites for hydroxylation is 2. The van der Waals surface area contributed by atoms with Gasteiger partial charge < -0.3 is 10.4 Å². The Morgan fingerprint density at radius 3 is 2.35 bits per heavy atom. The van der Waals surface area contributed by atoms with E-state index in [1.54, 1.807) is 13.0 Å². The summed E-state index contributed by atoms with van der Waals surface area (Å²) in [5.41, 5.74) is 7.11. The van der Waals surface area contributed by atoms with Gasteiger partial charge in [-0.05, 0) is 79.6 Å². The highest BCUT2D eigenvalue weighted by atomic mass is 16.4. The summed E-state index contributed by atoms with van der Waals surface area (Å²) < 4.78 is 0. The molecule has 0 aromatic heterocycles. The summed E-state index contributed by atoms with van der Waals surface area (Å²) >= 11 is 0. The van der Waals surface area contributed by atoms with Crippen LogP contribution >= 0.6 is 0 Å². The van der Waals surface area contributed by atoms with Crippen LogP contribution in [0.2, 0.25) is 0 Å². The zero-order valence-corrected chi connectivity index (χ0v) is 15.8. The lowest BCUT2D eigenvalue weighted by molar-refractivity contribution is -0.132. The second-order valence-electron chi connectivity index (χ2n) is 7.36. The molecular formula is C23H27NO2. The highest BCUT2D eigenvalue weighted by molar-refractivity contribution is 5.92. The van der Waals surface area contributed by atoms with Crippen LogP contribution in [0.25, 0.3) is 17.2 Å². The summed E-state index contributed by atoms with van der Waals surface area (Å²) in [6.07, 6.45) is 6.94. The monoisotopic (exact) mass is 349 g/mol. The first-order valence-electron chi connectivity index (χ1n) is 9.34. The van der Waals surface area contributed by atoms with Gasteiger partial charge in [0.2, 0.25) is 0 Å². The number of carbonyl (C=O) groups is 1. The van der Waals surface area contributed by atoms with Crippen molar-refractivity contribution in [3.8, 4) is 11.1 Å². The first kappa shape index (κ1) is 18.2. The molecule has 3 nitrogen and oxygen atoms in total. The minimum Gasteiger partial charge on any atom is -0.478 e. The predicted molar refractivity (Wildman–Crippen MR) is 109 cm³/mol. The predicted octanol–water partition coefficient (Wildman–Crippen LogP) is 5.81. The van der Waals surface area contributed by atoms with Crippen molar-refractivity contribution in [2.45, 2.75) is 52.5 Å². The molecule has 2 aromatic rings. The highest BCUT2D eigenvalue weighted by Crippen LogP contribution is 2.29. The highest BCUT2D eigenvalue weighted by Gasteiger charge is 2.14. The lowest BCUT2D eigenvalue weighted by atomic mass is 9.94. The molecule has 1 saturated carbocycles. The number of benzene rings is 2. The van der Waals surface area contributed by atoms with Crippen LogP contribution in [0.5, 0.6) is 0 Å². The van der Waals surface area contributed by atoms with Crippen LogP contribution in [0.15, 0.2) is 42.0 Å². The van der Waals surface area contributed by atoms with E-state index in [1.807, 2.05) is 6.92 Å². The second-order valence-corrected chi connectivity index (χ2v) is 7.36. The lowest BCUT2D eigenvalue weighted by Crippen LogP contribution is -2.14. The molecule has 0 bridgehead atoms. The van der Waals surface area contributed by atoms with E-state index in [0.717, 1.165) is 16.7 Å². The molecule has 1 fully saturated rings. The number of hydrogen-bond donors (Lipinski definition) is 2. The van der Waals surface area contributed by atoms with Gasteiger partial charge in [0, 0.05) is 17.3 Å². The molecule has 0 saturated heterocycles. The Morgan fingerprint density at radius 1 is 1.08 bits per heavy atom. The van der Waals surface area contributed by atoms with E-state index in [2.05, 4.69) is 48.6 Å². The van der Waals surface area contributed by atoms with Gasteiger partial charge in [0.1, 0.15) is 0 Å². The summed E-state index contributed by atoms with van der Waals surface area (Å²) in [4.78, 5) is 11.1. The zero-order chi connectivity index (χ0) is 18.7. The van der Waals surface area contributed by atoms with Crippen LogP contribution in [0.1, 0.15) is 49.3 Å². The quantitative estimate of drug-likeness (QED) is 0.669. The summed E-state index contributed by atoms with van der Waals surface area (Å²) in [5.74, 6) is -0.878. The average Bonchev–Trinajstić information content (AvgIpc) is 3.11. The van der Waals surface area contributed by atoms with E-state index in [9.17, 15) is 4.79 Å². The number of nitrogens with one attached hydrogen (secondary N) is 1. The SMILES string of the molecule is C/C(=C\c1cc(C)c(-c2ccc(NC3CCCC3)cc2)cc1C)C(=O)O. The van der Waals surface area contributed by atoms with E-state index in [0.29, 0.717) is 11.6 Å². The number of carboxylic acid groups (broad SMARTS) is 1. The van der Waals surface area contributed by atoms with E-state index < -0.39 is 5.97 Å². The second kappa shape index (κ2) is 7.77. The van der Waals surface area contributed by atoms with Gasteiger partial charge in [0.05, 0.1) is 0 Å². The Hall–Kier alpha value is -2.55. The molecular weight excluding hydrogens is 322 g/mol. The third kappa shape index (κ3) is 4.16. The van der Waals surface area contributed by atoms with Crippen molar-refractivity contribution < 1.29 is 9.90 Å². The number of anilines is 1. The maximum absolute atomic E-state index is 11.1. The topological polar surface area (TPSA) is 49.3 Å². The normalized spacial score (nSPS) is 15.3. The van der Waals surface area contributed by atoms with Crippen LogP contribution in [-0.4, -0.2) is 17.1 Å². The molecule has 1 aliphatic carbocycles. The average molecular weight is 349 g/mol. The molecule has 0 unspecified atom stereocenters. The van der Waals surface area contributed by atoms with Crippen molar-refractivity contribution in [3.05, 3.63) is 58.7 Å². The molecule has 0 atom stereocenters. The van der Waals surface area contributed by atoms with Crippen LogP contribution in [0.4, 0.5) is 5.69 Å². The van der Waals surface area contributed by atoms with Crippen LogP contribution in [0.3, 0.4) is 0 Å². The minimum atomic E-state index is -0.878. The van der Waals surface area contributed by atoms with Crippen molar-refractivity contribution >= 4 is 17.7 Å². The lowest BCUT2D eigenvalue weighted by Gasteiger charge is -2.15. The fourth-order valence-electron chi connectivity index (χ4n) is 3.65. The van der Waals surface area contributed by atoms with Crippen LogP contribution in [-0.2, 0) is 4.79 Å². The van der Waals surface area contributed by atoms with Crippen LogP contribution in [0, 0.1) is 13.8 Å². The number of carboxylic acids is 1. The molecule has 0 heterocycles. The first-order chi connectivity index (χ1) is 12.4. The van der Waals surface area contributed by atoms with E-state index in [1.165, 1.54) is 42.5 Å². The first-order valence-corrected chi connectivity index (χ1v) is 9.34. The molecule has 3 rings (SSSR count). The Kier molecular flexibility index (Phi) is 5.46. The Balaban J connectivity index is 1.83. The number of rotatable bonds is 5. The molecule has 0 amide bonds. The number of hydrogen-bond acceptors (Lipinski definition) is 2. The third-order valence-corrected chi connectivity index (χ3v) is 5.24. The standard InChI is InChI=1S/C23H27NO2/c1-15-14-22(16(2)12-19(15)13-17(3)23(25)26)18-8-10-21(11-9-18)24-20-6-4-5-7-20/h8-14,20,24H,4-7H2,1-3H3,(H,25,26)/b17-13+. The van der Waals surface area contributed by atoms with E-state index >= 15 is 0 Å². The van der Waals surface area contributed by atoms with Gasteiger partial charge in [0.25, 0.3) is 0 Å². The maximum Gasteiger partial charge on any atom is 0.331 e. The molecule has 136 valence electrons. The van der Waals surface area contributed by atoms with Gasteiger partial charge in [-0.25, -0.2) is 4.79 Å². The van der Waals surface area contributed by atoms with Crippen LogP contribution < -0.4 is 5.32 Å². The van der Waals surface area contributed by atoms with Gasteiger partial charge in [-0.3, -0.25) is 0 Å². The molecule has 3 heteroatoms. The zero-order valence-electron chi connectivity index (χ0n) is 15.8. The maximum atomic E-state index is 11.1. The van der Waals surface area contributed by atoms with Crippen molar-refractivity contribution in [1.82, 2.24) is 0 Å². The van der Waals surface area contributed by atoms with Gasteiger partial charge in [-0.1, -0.05) is 37.1 Å². The largest absolute Gasteiger partial charge is 0.478 e. The summed E-state index contributed by atoms with van der Waals surface area (Å²) in [7, 11) is 0. The molecule has 26 heavy (non-hydrogen) atoms. The Bertz CT molecular complexity index is 828. The summed E-state index contributed by atoms with van der Waals surface area (Å²) in [6.45, 7) is 5.73. The van der Waals surface area contributed by atoms with E-state index in [-0.39, 0.29) is 0 Å². The van der Waals surface area contributed by atoms with E-state index in [4.69, 9.17) is 5.11 Å². The molecule has 2 aromatic carbocycles. The smallest absolute Gasteiger partial charge is 0.331 e. The van der Waals surface area contributed by atoms with Crippen molar-refractivity contribution in [2.24, 2.45) is 0 Å². The fourth-order valence-corrected chi connectivity index (χ4v) is 3.65. The third-order valence-electron chi connectivity index (χ3n) is 5.24. The molecule has 1 aliphatic rings. The van der Waals surface area contributed by atoms with Crippen molar-refractivity contribution in [1.29, 1.82) is 0 Å². The van der Waals surface area contributed by atoms with Gasteiger partial charge in [-0.2, -0.15) is 0 Å². The number of aliphatic carboxylic acids is 1. The minimum absolute atomic E-state index is 0.350. The molecule has 0 radical (unpaired) electrons. The summed E-state index contributed by atoms with van der Waals surface area (Å²) in [5, 5.41) is 12.7. The Morgan fingerprint density at radius 2 is 1.73 bits per heavy atom. The fraction of sp³-hybridized carbons (Fsp3) is 0.348. The Labute approximate surface area is 155 Å². The van der Waals surface area contributed by atoms with Gasteiger partial charge in [0.15, 0.2) is 0 Å². The van der Waals surface area contributed by atoms with Crippen molar-refractivity contribution in [2.75, 3.05) is 5.32 Å². The summed E-state index contributed by atoms with van der Waals surface area (Å²) in [6, 6.07) is 13.5. The molecule has 2 N–H and O–H groups in total. The van der Waals surface area contributed by atoms with Gasteiger partial charge in [-0.15, -0.1) is 0 Å². The molecule has 0 spiro atoms.